The Morgan fingerprint density at radius 3 is 2.53 bits per heavy atom. The van der Waals surface area contributed by atoms with Crippen molar-refractivity contribution in [2.24, 2.45) is 0 Å². The molecule has 2 aliphatic heterocycles. The number of piperidine rings is 1. The van der Waals surface area contributed by atoms with Crippen molar-refractivity contribution in [3.63, 3.8) is 0 Å². The molecule has 6 heteroatoms. The number of likely N-dealkylation sites (tertiary alicyclic amines) is 1. The van der Waals surface area contributed by atoms with Crippen molar-refractivity contribution in [1.29, 1.82) is 0 Å². The van der Waals surface area contributed by atoms with Crippen LogP contribution in [0.1, 0.15) is 41.6 Å². The van der Waals surface area contributed by atoms with Crippen LogP contribution in [-0.4, -0.2) is 66.2 Å². The van der Waals surface area contributed by atoms with E-state index in [1.807, 2.05) is 47.6 Å². The molecule has 0 bridgehead atoms. The van der Waals surface area contributed by atoms with Gasteiger partial charge in [0.15, 0.2) is 0 Å². The summed E-state index contributed by atoms with van der Waals surface area (Å²) >= 11 is 0. The average molecular weight is 410 g/mol. The lowest BCUT2D eigenvalue weighted by Gasteiger charge is -2.43. The first-order valence-corrected chi connectivity index (χ1v) is 10.9. The quantitative estimate of drug-likeness (QED) is 0.732. The van der Waals surface area contributed by atoms with E-state index >= 15 is 0 Å². The Balaban J connectivity index is 1.43. The molecule has 1 aromatic carbocycles. The number of hydrogen-bond donors (Lipinski definition) is 0. The Kier molecular flexibility index (Phi) is 6.97. The van der Waals surface area contributed by atoms with Gasteiger partial charge >= 0.3 is 0 Å². The molecule has 0 unspecified atom stereocenters. The zero-order chi connectivity index (χ0) is 20.8. The number of hydrogen-bond acceptors (Lipinski definition) is 5. The van der Waals surface area contributed by atoms with Crippen LogP contribution in [0.25, 0.3) is 0 Å². The molecule has 2 fully saturated rings. The van der Waals surface area contributed by atoms with Crippen molar-refractivity contribution in [2.45, 2.75) is 44.3 Å². The SMILES string of the molecule is COc1ccccc1C(=O)N1CCC(N(Cc2cccnc2)C2CCOCC2)CC1. The largest absolute Gasteiger partial charge is 0.496 e. The Morgan fingerprint density at radius 1 is 1.10 bits per heavy atom. The van der Waals surface area contributed by atoms with Crippen molar-refractivity contribution in [2.75, 3.05) is 33.4 Å². The van der Waals surface area contributed by atoms with Crippen LogP contribution in [0.4, 0.5) is 0 Å². The summed E-state index contributed by atoms with van der Waals surface area (Å²) in [6.45, 7) is 4.12. The van der Waals surface area contributed by atoms with Crippen LogP contribution in [0.15, 0.2) is 48.8 Å². The fourth-order valence-corrected chi connectivity index (χ4v) is 4.67. The van der Waals surface area contributed by atoms with Crippen LogP contribution in [-0.2, 0) is 11.3 Å². The second-order valence-corrected chi connectivity index (χ2v) is 8.10. The molecule has 4 rings (SSSR count). The van der Waals surface area contributed by atoms with Gasteiger partial charge in [0.05, 0.1) is 12.7 Å². The molecular weight excluding hydrogens is 378 g/mol. The molecular formula is C24H31N3O3. The van der Waals surface area contributed by atoms with E-state index < -0.39 is 0 Å². The normalized spacial score (nSPS) is 18.5. The van der Waals surface area contributed by atoms with E-state index in [4.69, 9.17) is 9.47 Å². The van der Waals surface area contributed by atoms with Crippen LogP contribution >= 0.6 is 0 Å². The molecule has 0 N–H and O–H groups in total. The third kappa shape index (κ3) is 4.82. The lowest BCUT2D eigenvalue weighted by atomic mass is 9.96. The number of amides is 1. The summed E-state index contributed by atoms with van der Waals surface area (Å²) in [6, 6.07) is 12.6. The van der Waals surface area contributed by atoms with Crippen LogP contribution in [0.5, 0.6) is 5.75 Å². The van der Waals surface area contributed by atoms with Gasteiger partial charge in [0.2, 0.25) is 0 Å². The van der Waals surface area contributed by atoms with E-state index in [0.29, 0.717) is 23.4 Å². The van der Waals surface area contributed by atoms with Crippen molar-refractivity contribution in [1.82, 2.24) is 14.8 Å². The standard InChI is InChI=1S/C24H31N3O3/c1-29-23-7-3-2-6-22(23)24(28)26-13-8-20(9-14-26)27(21-10-15-30-16-11-21)18-19-5-4-12-25-17-19/h2-7,12,17,20-21H,8-11,13-16,18H2,1H3. The smallest absolute Gasteiger partial charge is 0.257 e. The molecule has 1 aromatic heterocycles. The summed E-state index contributed by atoms with van der Waals surface area (Å²) in [5.41, 5.74) is 1.90. The number of pyridine rings is 1. The molecule has 0 atom stereocenters. The van der Waals surface area contributed by atoms with Gasteiger partial charge < -0.3 is 14.4 Å². The summed E-state index contributed by atoms with van der Waals surface area (Å²) in [6.07, 6.45) is 7.90. The van der Waals surface area contributed by atoms with Crippen molar-refractivity contribution < 1.29 is 14.3 Å². The fraction of sp³-hybridized carbons (Fsp3) is 0.500. The van der Waals surface area contributed by atoms with Crippen LogP contribution in [0, 0.1) is 0 Å². The van der Waals surface area contributed by atoms with Gasteiger partial charge in [-0.15, -0.1) is 0 Å². The van der Waals surface area contributed by atoms with E-state index in [1.54, 1.807) is 7.11 Å². The number of benzene rings is 1. The maximum Gasteiger partial charge on any atom is 0.257 e. The fourth-order valence-electron chi connectivity index (χ4n) is 4.67. The molecule has 2 saturated heterocycles. The van der Waals surface area contributed by atoms with Gasteiger partial charge in [0, 0.05) is 57.3 Å². The highest BCUT2D eigenvalue weighted by atomic mass is 16.5. The third-order valence-corrected chi connectivity index (χ3v) is 6.31. The Morgan fingerprint density at radius 2 is 1.83 bits per heavy atom. The topological polar surface area (TPSA) is 54.9 Å². The number of aromatic nitrogens is 1. The lowest BCUT2D eigenvalue weighted by molar-refractivity contribution is -0.00154. The highest BCUT2D eigenvalue weighted by molar-refractivity contribution is 5.97. The monoisotopic (exact) mass is 409 g/mol. The highest BCUT2D eigenvalue weighted by Crippen LogP contribution is 2.27. The molecule has 160 valence electrons. The molecule has 30 heavy (non-hydrogen) atoms. The van der Waals surface area contributed by atoms with Gasteiger partial charge in [-0.2, -0.15) is 0 Å². The number of carbonyl (C=O) groups is 1. The molecule has 3 heterocycles. The first-order chi connectivity index (χ1) is 14.8. The van der Waals surface area contributed by atoms with Crippen LogP contribution in [0.2, 0.25) is 0 Å². The van der Waals surface area contributed by atoms with Gasteiger partial charge in [-0.3, -0.25) is 14.7 Å². The molecule has 2 aliphatic rings. The number of para-hydroxylation sites is 1. The van der Waals surface area contributed by atoms with Gasteiger partial charge in [-0.25, -0.2) is 0 Å². The molecule has 6 nitrogen and oxygen atoms in total. The molecule has 0 saturated carbocycles. The van der Waals surface area contributed by atoms with E-state index in [-0.39, 0.29) is 5.91 Å². The minimum Gasteiger partial charge on any atom is -0.496 e. The minimum atomic E-state index is 0.0655. The summed E-state index contributed by atoms with van der Waals surface area (Å²) in [4.78, 5) is 22.0. The van der Waals surface area contributed by atoms with E-state index in [9.17, 15) is 4.79 Å². The van der Waals surface area contributed by atoms with Gasteiger partial charge in [-0.05, 0) is 49.4 Å². The van der Waals surface area contributed by atoms with E-state index in [2.05, 4.69) is 16.0 Å². The molecule has 0 spiro atoms. The van der Waals surface area contributed by atoms with Gasteiger partial charge in [-0.1, -0.05) is 18.2 Å². The highest BCUT2D eigenvalue weighted by Gasteiger charge is 2.32. The Bertz CT molecular complexity index is 815. The number of carbonyl (C=O) groups excluding carboxylic acids is 1. The zero-order valence-electron chi connectivity index (χ0n) is 17.7. The predicted octanol–water partition coefficient (Wildman–Crippen LogP) is 3.38. The first-order valence-electron chi connectivity index (χ1n) is 10.9. The van der Waals surface area contributed by atoms with Gasteiger partial charge in [0.25, 0.3) is 5.91 Å². The summed E-state index contributed by atoms with van der Waals surface area (Å²) in [7, 11) is 1.61. The zero-order valence-corrected chi connectivity index (χ0v) is 17.7. The molecule has 1 amide bonds. The predicted molar refractivity (Wildman–Crippen MR) is 116 cm³/mol. The molecule has 2 aromatic rings. The second-order valence-electron chi connectivity index (χ2n) is 8.10. The summed E-state index contributed by atoms with van der Waals surface area (Å²) in [5, 5.41) is 0. The van der Waals surface area contributed by atoms with Gasteiger partial charge in [0.1, 0.15) is 5.75 Å². The number of ether oxygens (including phenoxy) is 2. The van der Waals surface area contributed by atoms with E-state index in [1.165, 1.54) is 5.56 Å². The van der Waals surface area contributed by atoms with Crippen LogP contribution < -0.4 is 4.74 Å². The second kappa shape index (κ2) is 10.0. The van der Waals surface area contributed by atoms with Crippen molar-refractivity contribution >= 4 is 5.91 Å². The third-order valence-electron chi connectivity index (χ3n) is 6.31. The van der Waals surface area contributed by atoms with Crippen LogP contribution in [0.3, 0.4) is 0 Å². The Labute approximate surface area is 178 Å². The average Bonchev–Trinajstić information content (AvgIpc) is 2.83. The molecule has 0 aliphatic carbocycles. The summed E-state index contributed by atoms with van der Waals surface area (Å²) < 4.78 is 11.0. The maximum atomic E-state index is 13.1. The number of rotatable bonds is 6. The Hall–Kier alpha value is -2.44. The van der Waals surface area contributed by atoms with E-state index in [0.717, 1.165) is 58.5 Å². The minimum absolute atomic E-state index is 0.0655. The number of nitrogens with zero attached hydrogens (tertiary/aromatic N) is 3. The summed E-state index contributed by atoms with van der Waals surface area (Å²) in [5.74, 6) is 0.709. The molecule has 0 radical (unpaired) electrons. The van der Waals surface area contributed by atoms with Crippen molar-refractivity contribution in [3.8, 4) is 5.75 Å². The lowest BCUT2D eigenvalue weighted by Crippen LogP contribution is -2.51. The maximum absolute atomic E-state index is 13.1. The number of methoxy groups -OCH3 is 1. The first kappa shape index (κ1) is 20.8. The van der Waals surface area contributed by atoms with Crippen molar-refractivity contribution in [3.05, 3.63) is 59.9 Å².